The standard InChI is InChI=1S/CH4.4FH.2O/h1H4;4*1H;;/q;;;;;2*+2/p-4. The van der Waals surface area contributed by atoms with Crippen molar-refractivity contribution in [2.75, 3.05) is 0 Å². The van der Waals surface area contributed by atoms with Gasteiger partial charge < -0.3 is 18.8 Å². The SMILES string of the molecule is C.[F-].[F-].[F-].[F-].[O+2].[O+2]. The summed E-state index contributed by atoms with van der Waals surface area (Å²) >= 11 is 0. The van der Waals surface area contributed by atoms with E-state index in [1.54, 1.807) is 0 Å². The second-order valence-electron chi connectivity index (χ2n) is 0. The van der Waals surface area contributed by atoms with E-state index in [1.807, 2.05) is 0 Å². The highest BCUT2D eigenvalue weighted by Crippen LogP contribution is 0.144. The highest BCUT2D eigenvalue weighted by atomic mass is 19.0. The average Bonchev–Trinajstić information content (AvgIpc) is 0. The van der Waals surface area contributed by atoms with Gasteiger partial charge in [0.1, 0.15) is 0 Å². The fraction of sp³-hybridized carbons (Fsp3) is 1.00. The molecular formula is CH4F4O2. The number of hydrogen-bond donors (Lipinski definition) is 0. The largest absolute Gasteiger partial charge is 2.00 e. The fourth-order valence-corrected chi connectivity index (χ4v) is 0. The molecule has 0 spiro atoms. The van der Waals surface area contributed by atoms with Gasteiger partial charge in [-0.15, -0.1) is 0 Å². The molecule has 0 saturated heterocycles. The maximum Gasteiger partial charge on any atom is 2.00 e. The van der Waals surface area contributed by atoms with Gasteiger partial charge in [0.25, 0.3) is 0 Å². The van der Waals surface area contributed by atoms with E-state index >= 15 is 0 Å². The van der Waals surface area contributed by atoms with E-state index in [2.05, 4.69) is 0 Å². The molecule has 0 amide bonds. The molecule has 6 heteroatoms. The maximum atomic E-state index is 0. The summed E-state index contributed by atoms with van der Waals surface area (Å²) in [6, 6.07) is 0. The first kappa shape index (κ1) is 1630. The predicted molar refractivity (Wildman–Crippen MR) is 8.10 cm³/mol. The topological polar surface area (TPSA) is 57.0 Å². The van der Waals surface area contributed by atoms with E-state index in [4.69, 9.17) is 0 Å². The molecule has 48 valence electrons. The molecule has 8 radical (unpaired) electrons. The van der Waals surface area contributed by atoms with E-state index in [0.717, 1.165) is 0 Å². The Bertz CT molecular complexity index is 9.65. The van der Waals surface area contributed by atoms with Gasteiger partial charge >= 0.3 is 11.0 Å². The molecule has 0 N–H and O–H groups in total. The molecule has 0 aromatic carbocycles. The van der Waals surface area contributed by atoms with Crippen LogP contribution in [0.5, 0.6) is 0 Å². The average molecular weight is 124 g/mol. The summed E-state index contributed by atoms with van der Waals surface area (Å²) in [5.74, 6) is 0. The molecule has 0 heterocycles. The van der Waals surface area contributed by atoms with Crippen molar-refractivity contribution < 1.29 is 29.8 Å². The van der Waals surface area contributed by atoms with E-state index in [0.29, 0.717) is 0 Å². The smallest absolute Gasteiger partial charge is 1.00 e. The maximum absolute atomic E-state index is 0. The van der Waals surface area contributed by atoms with E-state index in [9.17, 15) is 0 Å². The van der Waals surface area contributed by atoms with Crippen molar-refractivity contribution >= 4 is 0 Å². The highest BCUT2D eigenvalue weighted by molar-refractivity contribution is 2.50. The van der Waals surface area contributed by atoms with Gasteiger partial charge in [-0.1, -0.05) is 7.43 Å². The molecule has 7 heavy (non-hydrogen) atoms. The first-order valence-electron chi connectivity index (χ1n) is 0. The van der Waals surface area contributed by atoms with Gasteiger partial charge in [-0.3, -0.25) is 0 Å². The molecule has 0 aliphatic heterocycles. The molecule has 0 aromatic rings. The van der Waals surface area contributed by atoms with Crippen molar-refractivity contribution in [2.24, 2.45) is 0 Å². The van der Waals surface area contributed by atoms with Crippen LogP contribution in [-0.2, 0) is 11.0 Å². The molecule has 2 nitrogen and oxygen atoms in total. The lowest BCUT2D eigenvalue weighted by molar-refractivity contribution is -0.00100. The summed E-state index contributed by atoms with van der Waals surface area (Å²) in [5, 5.41) is 0. The molecule has 0 unspecified atom stereocenters. The Labute approximate surface area is 38.6 Å². The molecule has 0 rings (SSSR count). The zero-order valence-electron chi connectivity index (χ0n) is 2.33. The fourth-order valence-electron chi connectivity index (χ4n) is 0. The van der Waals surface area contributed by atoms with Crippen molar-refractivity contribution in [1.82, 2.24) is 0 Å². The van der Waals surface area contributed by atoms with Gasteiger partial charge in [-0.2, -0.15) is 0 Å². The normalized spacial score (nSPS) is 0. The summed E-state index contributed by atoms with van der Waals surface area (Å²) in [6.45, 7) is 0. The predicted octanol–water partition coefficient (Wildman–Crippen LogP) is -11.6. The number of hydrogen-bond acceptors (Lipinski definition) is 0. The van der Waals surface area contributed by atoms with Crippen LogP contribution >= 0.6 is 0 Å². The van der Waals surface area contributed by atoms with Crippen molar-refractivity contribution in [3.8, 4) is 0 Å². The van der Waals surface area contributed by atoms with Crippen LogP contribution in [0.1, 0.15) is 7.43 Å². The first-order valence-corrected chi connectivity index (χ1v) is 0. The summed E-state index contributed by atoms with van der Waals surface area (Å²) < 4.78 is 0. The Morgan fingerprint density at radius 1 is 0.429 bits per heavy atom. The van der Waals surface area contributed by atoms with Crippen molar-refractivity contribution in [3.05, 3.63) is 0 Å². The summed E-state index contributed by atoms with van der Waals surface area (Å²) in [6.07, 6.45) is 0. The van der Waals surface area contributed by atoms with Crippen LogP contribution in [0.2, 0.25) is 0 Å². The minimum atomic E-state index is 0. The van der Waals surface area contributed by atoms with Crippen LogP contribution in [-0.4, -0.2) is 0 Å². The van der Waals surface area contributed by atoms with Gasteiger partial charge in [0.15, 0.2) is 0 Å². The van der Waals surface area contributed by atoms with E-state index in [-0.39, 0.29) is 37.2 Å². The van der Waals surface area contributed by atoms with Gasteiger partial charge in [0, 0.05) is 0 Å². The molecule has 0 atom stereocenters. The van der Waals surface area contributed by atoms with E-state index in [1.165, 1.54) is 0 Å². The third kappa shape index (κ3) is 577. The summed E-state index contributed by atoms with van der Waals surface area (Å²) in [5.41, 5.74) is 0. The Kier molecular flexibility index (Phi) is 218000. The Morgan fingerprint density at radius 3 is 0.429 bits per heavy atom. The van der Waals surface area contributed by atoms with Crippen LogP contribution in [0.15, 0.2) is 0 Å². The zero-order valence-corrected chi connectivity index (χ0v) is 2.33. The van der Waals surface area contributed by atoms with Gasteiger partial charge in [-0.05, 0) is 0 Å². The second kappa shape index (κ2) is 937. The molecular weight excluding hydrogens is 120 g/mol. The van der Waals surface area contributed by atoms with Crippen LogP contribution in [0.25, 0.3) is 0 Å². The van der Waals surface area contributed by atoms with Gasteiger partial charge in [-0.25, -0.2) is 0 Å². The summed E-state index contributed by atoms with van der Waals surface area (Å²) in [4.78, 5) is 0. The number of rotatable bonds is 0. The first-order chi connectivity index (χ1) is 0. The molecule has 0 aliphatic rings. The van der Waals surface area contributed by atoms with Crippen molar-refractivity contribution in [1.29, 1.82) is 0 Å². The van der Waals surface area contributed by atoms with Crippen LogP contribution in [0, 0.1) is 0 Å². The Morgan fingerprint density at radius 2 is 0.429 bits per heavy atom. The van der Waals surface area contributed by atoms with Crippen LogP contribution in [0.4, 0.5) is 0 Å². The molecule has 0 bridgehead atoms. The Balaban J connectivity index is 0. The molecule has 0 aromatic heterocycles. The van der Waals surface area contributed by atoms with Crippen molar-refractivity contribution in [2.45, 2.75) is 7.43 Å². The second-order valence-corrected chi connectivity index (χ2v) is 0. The number of halogens is 4. The highest BCUT2D eigenvalue weighted by Gasteiger charge is 2.00. The van der Waals surface area contributed by atoms with Crippen LogP contribution < -0.4 is 18.8 Å². The third-order valence-corrected chi connectivity index (χ3v) is 0. The van der Waals surface area contributed by atoms with Crippen LogP contribution in [0.3, 0.4) is 0 Å². The monoisotopic (exact) mass is 124 g/mol. The van der Waals surface area contributed by atoms with Crippen molar-refractivity contribution in [3.63, 3.8) is 0 Å². The van der Waals surface area contributed by atoms with Gasteiger partial charge in [0.05, 0.1) is 0 Å². The summed E-state index contributed by atoms with van der Waals surface area (Å²) in [7, 11) is 0. The van der Waals surface area contributed by atoms with Gasteiger partial charge in [0.2, 0.25) is 0 Å². The zero-order chi connectivity index (χ0) is 0. The lowest BCUT2D eigenvalue weighted by atomic mass is 12.0. The minimum Gasteiger partial charge on any atom is -1.00 e. The van der Waals surface area contributed by atoms with E-state index < -0.39 is 0 Å². The molecule has 0 fully saturated rings. The lowest BCUT2D eigenvalue weighted by Gasteiger charge is -1.00. The molecule has 0 saturated carbocycles. The molecule has 0 aliphatic carbocycles. The minimum absolute atomic E-state index is 0. The quantitative estimate of drug-likeness (QED) is 0.288. The third-order valence-electron chi connectivity index (χ3n) is 0. The lowest BCUT2D eigenvalue weighted by Crippen LogP contribution is -3.00. The Hall–Kier alpha value is -0.360.